The molecule has 0 unspecified atom stereocenters. The van der Waals surface area contributed by atoms with Gasteiger partial charge in [0.25, 0.3) is 0 Å². The molecule has 9 aromatic rings. The summed E-state index contributed by atoms with van der Waals surface area (Å²) in [5.74, 6) is 0. The molecule has 0 heterocycles. The number of hydrogen-bond donors (Lipinski definition) is 0. The lowest BCUT2D eigenvalue weighted by atomic mass is 9.89. The Morgan fingerprint density at radius 3 is 1.07 bits per heavy atom. The first-order valence-corrected chi connectivity index (χ1v) is 18.0. The van der Waals surface area contributed by atoms with Gasteiger partial charge in [-0.05, 0) is 153 Å². The third-order valence-corrected chi connectivity index (χ3v) is 10.3. The summed E-state index contributed by atoms with van der Waals surface area (Å²) in [6.45, 7) is 0. The van der Waals surface area contributed by atoms with Crippen molar-refractivity contribution in [2.75, 3.05) is 9.80 Å². The van der Waals surface area contributed by atoms with Gasteiger partial charge in [0, 0.05) is 33.8 Å². The summed E-state index contributed by atoms with van der Waals surface area (Å²) in [6, 6.07) is 64.9. The van der Waals surface area contributed by atoms with Crippen molar-refractivity contribution in [3.63, 3.8) is 0 Å². The number of nitrogens with zero attached hydrogens (tertiary/aromatic N) is 6. The maximum Gasteiger partial charge on any atom is 0.0991 e. The molecule has 0 N–H and O–H groups in total. The number of hydrogen-bond acceptors (Lipinski definition) is 6. The van der Waals surface area contributed by atoms with E-state index in [2.05, 4.69) is 107 Å². The minimum Gasteiger partial charge on any atom is -0.311 e. The summed E-state index contributed by atoms with van der Waals surface area (Å²) in [5.41, 5.74) is 10.1. The second-order valence-corrected chi connectivity index (χ2v) is 13.5. The minimum atomic E-state index is 0.584. The fraction of sp³-hybridized carbons (Fsp3) is 0. The first-order valence-electron chi connectivity index (χ1n) is 18.0. The Labute approximate surface area is 323 Å². The average molecular weight is 713 g/mol. The van der Waals surface area contributed by atoms with Crippen molar-refractivity contribution in [1.29, 1.82) is 21.0 Å². The molecule has 9 aromatic carbocycles. The standard InChI is InChI=1S/C50H28N6/c51-29-33-1-15-40(16-2-33)55(41-17-3-34(30-52)4-18-41)42-23-9-37(10-24-42)45-25-11-38-13-27-47-48(28-14-39-12-26-46(45)49(38)50(39)47)56(43-19-5-35(31-53)6-20-43)44-21-7-36(32-54)8-22-44/h1-28H. The molecule has 0 aromatic heterocycles. The molecule has 6 heteroatoms. The Kier molecular flexibility index (Phi) is 8.27. The molecule has 0 amide bonds. The highest BCUT2D eigenvalue weighted by Gasteiger charge is 2.20. The molecular weight excluding hydrogens is 685 g/mol. The van der Waals surface area contributed by atoms with Crippen molar-refractivity contribution in [3.05, 3.63) is 192 Å². The summed E-state index contributed by atoms with van der Waals surface area (Å²) in [6.07, 6.45) is 0. The third kappa shape index (κ3) is 5.74. The van der Waals surface area contributed by atoms with Crippen LogP contribution in [0.5, 0.6) is 0 Å². The summed E-state index contributed by atoms with van der Waals surface area (Å²) < 4.78 is 0. The van der Waals surface area contributed by atoms with E-state index in [0.717, 1.165) is 72.2 Å². The van der Waals surface area contributed by atoms with Gasteiger partial charge in [0.1, 0.15) is 0 Å². The summed E-state index contributed by atoms with van der Waals surface area (Å²) >= 11 is 0. The lowest BCUT2D eigenvalue weighted by Crippen LogP contribution is -2.10. The Morgan fingerprint density at radius 2 is 0.643 bits per heavy atom. The Morgan fingerprint density at radius 1 is 0.304 bits per heavy atom. The van der Waals surface area contributed by atoms with Gasteiger partial charge in [0.2, 0.25) is 0 Å². The molecular formula is C50H28N6. The van der Waals surface area contributed by atoms with Crippen molar-refractivity contribution >= 4 is 66.4 Å². The monoisotopic (exact) mass is 712 g/mol. The molecule has 0 aliphatic carbocycles. The summed E-state index contributed by atoms with van der Waals surface area (Å²) in [4.78, 5) is 4.30. The van der Waals surface area contributed by atoms with Crippen LogP contribution >= 0.6 is 0 Å². The SMILES string of the molecule is N#Cc1ccc(N(c2ccc(C#N)cc2)c2ccc(-c3ccc4ccc5c(N(c6ccc(C#N)cc6)c6ccc(C#N)cc6)ccc6ccc3c4c65)cc2)cc1. The molecule has 0 fully saturated rings. The van der Waals surface area contributed by atoms with E-state index in [1.54, 1.807) is 0 Å². The van der Waals surface area contributed by atoms with Gasteiger partial charge in [0.05, 0.1) is 52.2 Å². The van der Waals surface area contributed by atoms with E-state index < -0.39 is 0 Å². The molecule has 6 nitrogen and oxygen atoms in total. The third-order valence-electron chi connectivity index (χ3n) is 10.3. The van der Waals surface area contributed by atoms with Crippen LogP contribution in [0.4, 0.5) is 34.1 Å². The van der Waals surface area contributed by atoms with Crippen LogP contribution in [0, 0.1) is 45.3 Å². The minimum absolute atomic E-state index is 0.584. The predicted octanol–water partition coefficient (Wildman–Crippen LogP) is 12.7. The van der Waals surface area contributed by atoms with Crippen molar-refractivity contribution in [2.24, 2.45) is 0 Å². The van der Waals surface area contributed by atoms with Crippen LogP contribution in [0.15, 0.2) is 170 Å². The molecule has 0 bridgehead atoms. The zero-order valence-electron chi connectivity index (χ0n) is 29.8. The van der Waals surface area contributed by atoms with E-state index >= 15 is 0 Å². The second-order valence-electron chi connectivity index (χ2n) is 13.5. The van der Waals surface area contributed by atoms with Crippen molar-refractivity contribution in [1.82, 2.24) is 0 Å². The molecule has 56 heavy (non-hydrogen) atoms. The number of benzene rings is 9. The van der Waals surface area contributed by atoms with E-state index in [1.807, 2.05) is 97.1 Å². The van der Waals surface area contributed by atoms with E-state index in [0.29, 0.717) is 22.3 Å². The van der Waals surface area contributed by atoms with Crippen LogP contribution in [0.3, 0.4) is 0 Å². The maximum absolute atomic E-state index is 9.51. The zero-order chi connectivity index (χ0) is 38.2. The van der Waals surface area contributed by atoms with Gasteiger partial charge in [-0.2, -0.15) is 21.0 Å². The number of nitriles is 4. The van der Waals surface area contributed by atoms with Crippen LogP contribution in [-0.2, 0) is 0 Å². The first-order chi connectivity index (χ1) is 27.6. The molecule has 0 spiro atoms. The largest absolute Gasteiger partial charge is 0.311 e. The van der Waals surface area contributed by atoms with E-state index in [1.165, 1.54) is 5.39 Å². The van der Waals surface area contributed by atoms with Gasteiger partial charge in [-0.25, -0.2) is 0 Å². The van der Waals surface area contributed by atoms with Crippen LogP contribution in [-0.4, -0.2) is 0 Å². The van der Waals surface area contributed by atoms with E-state index in [-0.39, 0.29) is 0 Å². The molecule has 0 saturated heterocycles. The van der Waals surface area contributed by atoms with Gasteiger partial charge in [-0.1, -0.05) is 54.6 Å². The van der Waals surface area contributed by atoms with Crippen LogP contribution in [0.25, 0.3) is 43.4 Å². The summed E-state index contributed by atoms with van der Waals surface area (Å²) in [5, 5.41) is 44.7. The predicted molar refractivity (Wildman–Crippen MR) is 224 cm³/mol. The van der Waals surface area contributed by atoms with Gasteiger partial charge in [-0.15, -0.1) is 0 Å². The summed E-state index contributed by atoms with van der Waals surface area (Å²) in [7, 11) is 0. The zero-order valence-corrected chi connectivity index (χ0v) is 29.8. The lowest BCUT2D eigenvalue weighted by Gasteiger charge is -2.28. The van der Waals surface area contributed by atoms with Crippen LogP contribution in [0.2, 0.25) is 0 Å². The lowest BCUT2D eigenvalue weighted by molar-refractivity contribution is 1.28. The normalized spacial score (nSPS) is 10.8. The fourth-order valence-corrected chi connectivity index (χ4v) is 7.64. The molecule has 9 rings (SSSR count). The van der Waals surface area contributed by atoms with Gasteiger partial charge >= 0.3 is 0 Å². The van der Waals surface area contributed by atoms with E-state index in [4.69, 9.17) is 0 Å². The molecule has 0 saturated carbocycles. The van der Waals surface area contributed by atoms with Crippen molar-refractivity contribution in [3.8, 4) is 35.4 Å². The van der Waals surface area contributed by atoms with Crippen LogP contribution < -0.4 is 9.80 Å². The van der Waals surface area contributed by atoms with E-state index in [9.17, 15) is 21.0 Å². The highest BCUT2D eigenvalue weighted by atomic mass is 15.1. The topological polar surface area (TPSA) is 102 Å². The van der Waals surface area contributed by atoms with Crippen molar-refractivity contribution in [2.45, 2.75) is 0 Å². The Bertz CT molecular complexity index is 2970. The number of anilines is 6. The number of rotatable bonds is 7. The highest BCUT2D eigenvalue weighted by Crippen LogP contribution is 2.46. The molecule has 0 atom stereocenters. The Balaban J connectivity index is 1.17. The van der Waals surface area contributed by atoms with Crippen LogP contribution in [0.1, 0.15) is 22.3 Å². The maximum atomic E-state index is 9.51. The molecule has 0 radical (unpaired) electrons. The molecule has 0 aliphatic rings. The quantitative estimate of drug-likeness (QED) is 0.152. The molecule has 258 valence electrons. The van der Waals surface area contributed by atoms with Crippen molar-refractivity contribution < 1.29 is 0 Å². The Hall–Kier alpha value is -8.42. The smallest absolute Gasteiger partial charge is 0.0991 e. The van der Waals surface area contributed by atoms with Gasteiger partial charge < -0.3 is 9.80 Å². The first kappa shape index (κ1) is 33.4. The van der Waals surface area contributed by atoms with Gasteiger partial charge in [0.15, 0.2) is 0 Å². The highest BCUT2D eigenvalue weighted by molar-refractivity contribution is 6.27. The fourth-order valence-electron chi connectivity index (χ4n) is 7.64. The second kappa shape index (κ2) is 13.9. The van der Waals surface area contributed by atoms with Gasteiger partial charge in [-0.3, -0.25) is 0 Å². The molecule has 0 aliphatic heterocycles. The average Bonchev–Trinajstić information content (AvgIpc) is 3.27.